The van der Waals surface area contributed by atoms with E-state index in [0.717, 1.165) is 51.1 Å². The minimum absolute atomic E-state index is 0.0977. The summed E-state index contributed by atoms with van der Waals surface area (Å²) in [5.41, 5.74) is 4.53. The summed E-state index contributed by atoms with van der Waals surface area (Å²) in [5, 5.41) is 12.1. The van der Waals surface area contributed by atoms with Crippen molar-refractivity contribution >= 4 is 17.3 Å². The Morgan fingerprint density at radius 1 is 1.07 bits per heavy atom. The molecular formula is C23H26N4O. The number of nitrogens with zero attached hydrogens (tertiary/aromatic N) is 3. The fourth-order valence-electron chi connectivity index (χ4n) is 4.24. The maximum Gasteiger partial charge on any atom is 0.223 e. The molecule has 4 rings (SSSR count). The molecule has 28 heavy (non-hydrogen) atoms. The van der Waals surface area contributed by atoms with Gasteiger partial charge in [0.1, 0.15) is 0 Å². The van der Waals surface area contributed by atoms with Gasteiger partial charge in [0.25, 0.3) is 0 Å². The molecule has 2 aliphatic heterocycles. The third-order valence-electron chi connectivity index (χ3n) is 5.89. The predicted octanol–water partition coefficient (Wildman–Crippen LogP) is 2.95. The van der Waals surface area contributed by atoms with E-state index in [-0.39, 0.29) is 11.8 Å². The fraction of sp³-hybridized carbons (Fsp3) is 0.391. The quantitative estimate of drug-likeness (QED) is 0.874. The molecule has 1 amide bonds. The highest BCUT2D eigenvalue weighted by atomic mass is 16.1. The van der Waals surface area contributed by atoms with E-state index < -0.39 is 0 Å². The van der Waals surface area contributed by atoms with Gasteiger partial charge in [0.05, 0.1) is 11.6 Å². The molecular weight excluding hydrogens is 348 g/mol. The molecule has 144 valence electrons. The van der Waals surface area contributed by atoms with Gasteiger partial charge in [-0.05, 0) is 55.2 Å². The Balaban J connectivity index is 1.22. The SMILES string of the molecule is N#Cc1ccc(N2CCC(C(=O)NCCN3CCc4ccccc43)CC2)cc1. The zero-order chi connectivity index (χ0) is 19.3. The van der Waals surface area contributed by atoms with Gasteiger partial charge >= 0.3 is 0 Å². The van der Waals surface area contributed by atoms with E-state index in [1.807, 2.05) is 24.3 Å². The van der Waals surface area contributed by atoms with Crippen molar-refractivity contribution in [2.45, 2.75) is 19.3 Å². The second-order valence-corrected chi connectivity index (χ2v) is 7.58. The van der Waals surface area contributed by atoms with Crippen LogP contribution in [0.4, 0.5) is 11.4 Å². The number of nitriles is 1. The number of hydrogen-bond donors (Lipinski definition) is 1. The van der Waals surface area contributed by atoms with E-state index in [0.29, 0.717) is 12.1 Å². The normalized spacial score (nSPS) is 16.5. The van der Waals surface area contributed by atoms with Crippen LogP contribution in [0, 0.1) is 17.2 Å². The number of hydrogen-bond acceptors (Lipinski definition) is 4. The van der Waals surface area contributed by atoms with Crippen molar-refractivity contribution in [3.63, 3.8) is 0 Å². The van der Waals surface area contributed by atoms with E-state index in [2.05, 4.69) is 45.5 Å². The summed E-state index contributed by atoms with van der Waals surface area (Å²) in [5.74, 6) is 0.285. The van der Waals surface area contributed by atoms with Crippen LogP contribution in [0.25, 0.3) is 0 Å². The summed E-state index contributed by atoms with van der Waals surface area (Å²) in [7, 11) is 0. The number of piperidine rings is 1. The van der Waals surface area contributed by atoms with Crippen molar-refractivity contribution in [3.8, 4) is 6.07 Å². The molecule has 0 aliphatic carbocycles. The van der Waals surface area contributed by atoms with Crippen LogP contribution in [0.1, 0.15) is 24.0 Å². The molecule has 2 heterocycles. The largest absolute Gasteiger partial charge is 0.371 e. The maximum atomic E-state index is 12.6. The molecule has 0 radical (unpaired) electrons. The van der Waals surface area contributed by atoms with Gasteiger partial charge in [0, 0.05) is 50.0 Å². The van der Waals surface area contributed by atoms with Crippen molar-refractivity contribution in [2.24, 2.45) is 5.92 Å². The highest BCUT2D eigenvalue weighted by Crippen LogP contribution is 2.27. The lowest BCUT2D eigenvalue weighted by Crippen LogP contribution is -2.42. The van der Waals surface area contributed by atoms with Gasteiger partial charge in [-0.2, -0.15) is 5.26 Å². The number of anilines is 2. The van der Waals surface area contributed by atoms with Crippen molar-refractivity contribution < 1.29 is 4.79 Å². The van der Waals surface area contributed by atoms with E-state index in [4.69, 9.17) is 5.26 Å². The van der Waals surface area contributed by atoms with Crippen molar-refractivity contribution in [2.75, 3.05) is 42.5 Å². The van der Waals surface area contributed by atoms with Crippen molar-refractivity contribution in [3.05, 3.63) is 59.7 Å². The first-order valence-electron chi connectivity index (χ1n) is 10.1. The molecule has 0 aromatic heterocycles. The molecule has 1 fully saturated rings. The van der Waals surface area contributed by atoms with Gasteiger partial charge in [-0.1, -0.05) is 18.2 Å². The number of benzene rings is 2. The molecule has 0 spiro atoms. The van der Waals surface area contributed by atoms with Crippen LogP contribution in [-0.4, -0.2) is 38.6 Å². The number of nitrogens with one attached hydrogen (secondary N) is 1. The number of carbonyl (C=O) groups excluding carboxylic acids is 1. The van der Waals surface area contributed by atoms with Crippen LogP contribution in [0.3, 0.4) is 0 Å². The smallest absolute Gasteiger partial charge is 0.223 e. The van der Waals surface area contributed by atoms with Crippen LogP contribution in [0.2, 0.25) is 0 Å². The zero-order valence-corrected chi connectivity index (χ0v) is 16.1. The minimum Gasteiger partial charge on any atom is -0.371 e. The summed E-state index contributed by atoms with van der Waals surface area (Å²) in [6.45, 7) is 4.36. The van der Waals surface area contributed by atoms with Crippen LogP contribution < -0.4 is 15.1 Å². The van der Waals surface area contributed by atoms with Crippen LogP contribution in [0.5, 0.6) is 0 Å². The summed E-state index contributed by atoms with van der Waals surface area (Å²) in [6.07, 6.45) is 2.84. The first-order chi connectivity index (χ1) is 13.7. The summed E-state index contributed by atoms with van der Waals surface area (Å²) >= 11 is 0. The third kappa shape index (κ3) is 3.96. The molecule has 1 N–H and O–H groups in total. The zero-order valence-electron chi connectivity index (χ0n) is 16.1. The first-order valence-corrected chi connectivity index (χ1v) is 10.1. The Labute approximate surface area is 166 Å². The Hall–Kier alpha value is -3.00. The molecule has 2 aromatic carbocycles. The number of rotatable bonds is 5. The predicted molar refractivity (Wildman–Crippen MR) is 111 cm³/mol. The second-order valence-electron chi connectivity index (χ2n) is 7.58. The number of carbonyl (C=O) groups is 1. The molecule has 0 unspecified atom stereocenters. The minimum atomic E-state index is 0.0977. The Morgan fingerprint density at radius 2 is 1.82 bits per heavy atom. The molecule has 0 saturated carbocycles. The summed E-state index contributed by atoms with van der Waals surface area (Å²) in [4.78, 5) is 17.2. The van der Waals surface area contributed by atoms with E-state index in [1.165, 1.54) is 11.3 Å². The fourth-order valence-corrected chi connectivity index (χ4v) is 4.24. The van der Waals surface area contributed by atoms with E-state index >= 15 is 0 Å². The van der Waals surface area contributed by atoms with Gasteiger partial charge in [-0.25, -0.2) is 0 Å². The first kappa shape index (κ1) is 18.4. The number of fused-ring (bicyclic) bond motifs is 1. The average Bonchev–Trinajstić information content (AvgIpc) is 3.17. The lowest BCUT2D eigenvalue weighted by atomic mass is 9.95. The lowest BCUT2D eigenvalue weighted by Gasteiger charge is -2.33. The van der Waals surface area contributed by atoms with Gasteiger partial charge < -0.3 is 15.1 Å². The van der Waals surface area contributed by atoms with Gasteiger partial charge in [-0.15, -0.1) is 0 Å². The number of para-hydroxylation sites is 1. The Kier molecular flexibility index (Phi) is 5.48. The van der Waals surface area contributed by atoms with Gasteiger partial charge in [-0.3, -0.25) is 4.79 Å². The lowest BCUT2D eigenvalue weighted by molar-refractivity contribution is -0.125. The molecule has 5 nitrogen and oxygen atoms in total. The molecule has 2 aromatic rings. The Morgan fingerprint density at radius 3 is 2.57 bits per heavy atom. The highest BCUT2D eigenvalue weighted by molar-refractivity contribution is 5.79. The summed E-state index contributed by atoms with van der Waals surface area (Å²) < 4.78 is 0. The van der Waals surface area contributed by atoms with Crippen molar-refractivity contribution in [1.29, 1.82) is 5.26 Å². The molecule has 1 saturated heterocycles. The van der Waals surface area contributed by atoms with Crippen LogP contribution in [0.15, 0.2) is 48.5 Å². The molecule has 2 aliphatic rings. The standard InChI is InChI=1S/C23H26N4O/c24-17-18-5-7-21(8-6-18)26-13-10-20(11-14-26)23(28)25-12-16-27-15-9-19-3-1-2-4-22(19)27/h1-8,20H,9-16H2,(H,25,28). The van der Waals surface area contributed by atoms with Gasteiger partial charge in [0.15, 0.2) is 0 Å². The molecule has 0 bridgehead atoms. The van der Waals surface area contributed by atoms with Gasteiger partial charge in [0.2, 0.25) is 5.91 Å². The molecule has 0 atom stereocenters. The summed E-state index contributed by atoms with van der Waals surface area (Å²) in [6, 6.07) is 18.4. The molecule has 5 heteroatoms. The topological polar surface area (TPSA) is 59.4 Å². The Bertz CT molecular complexity index is 863. The van der Waals surface area contributed by atoms with E-state index in [9.17, 15) is 4.79 Å². The van der Waals surface area contributed by atoms with Crippen LogP contribution in [-0.2, 0) is 11.2 Å². The number of amides is 1. The average molecular weight is 374 g/mol. The maximum absolute atomic E-state index is 12.6. The third-order valence-corrected chi connectivity index (χ3v) is 5.89. The van der Waals surface area contributed by atoms with Crippen molar-refractivity contribution in [1.82, 2.24) is 5.32 Å². The second kappa shape index (κ2) is 8.35. The monoisotopic (exact) mass is 374 g/mol. The van der Waals surface area contributed by atoms with Crippen LogP contribution >= 0.6 is 0 Å². The highest BCUT2D eigenvalue weighted by Gasteiger charge is 2.25. The van der Waals surface area contributed by atoms with E-state index in [1.54, 1.807) is 0 Å².